The van der Waals surface area contributed by atoms with Gasteiger partial charge >= 0.3 is 5.92 Å². The highest BCUT2D eigenvalue weighted by Crippen LogP contribution is 2.57. The molecular weight excluding hydrogens is 700 g/mol. The van der Waals surface area contributed by atoms with E-state index in [1.165, 1.54) is 13.8 Å². The fourth-order valence-corrected chi connectivity index (χ4v) is 7.01. The van der Waals surface area contributed by atoms with E-state index in [9.17, 15) is 27.5 Å². The molecule has 0 unspecified atom stereocenters. The molecule has 0 radical (unpaired) electrons. The molecule has 0 bridgehead atoms. The Bertz CT molecular complexity index is 2440. The van der Waals surface area contributed by atoms with E-state index < -0.39 is 71.3 Å². The number of pyridine rings is 1. The minimum atomic E-state index is -3.64. The molecule has 272 valence electrons. The Balaban J connectivity index is 1.37. The summed E-state index contributed by atoms with van der Waals surface area (Å²) in [5.74, 6) is 1.58. The van der Waals surface area contributed by atoms with Crippen molar-refractivity contribution in [2.75, 3.05) is 5.73 Å². The molecule has 2 aromatic carbocycles. The number of nitrogens with zero attached hydrogens (tertiary/aromatic N) is 5. The third-order valence-corrected chi connectivity index (χ3v) is 9.23. The van der Waals surface area contributed by atoms with Gasteiger partial charge in [0.1, 0.15) is 46.8 Å². The number of nitrogen functional groups attached to an aromatic ring is 1. The fourth-order valence-electron chi connectivity index (χ4n) is 7.01. The first kappa shape index (κ1) is 35.6. The molecule has 0 fully saturated rings. The van der Waals surface area contributed by atoms with Crippen LogP contribution < -0.4 is 11.1 Å². The molecular formula is C38H31F6N7O2. The molecule has 0 saturated carbocycles. The number of aliphatic hydroxyl groups is 1. The molecule has 7 rings (SSSR count). The number of amides is 1. The second-order valence-corrected chi connectivity index (χ2v) is 13.7. The number of rotatable bonds is 8. The number of benzene rings is 2. The molecule has 3 atom stereocenters. The third kappa shape index (κ3) is 6.35. The maximum atomic E-state index is 15.5. The third-order valence-electron chi connectivity index (χ3n) is 9.23. The topological polar surface area (TPSA) is 124 Å². The first-order chi connectivity index (χ1) is 24.9. The van der Waals surface area contributed by atoms with Gasteiger partial charge in [-0.3, -0.25) is 14.2 Å². The van der Waals surface area contributed by atoms with Gasteiger partial charge in [0.15, 0.2) is 5.82 Å². The average Bonchev–Trinajstić information content (AvgIpc) is 3.60. The molecule has 3 heterocycles. The lowest BCUT2D eigenvalue weighted by atomic mass is 9.84. The maximum absolute atomic E-state index is 15.5. The van der Waals surface area contributed by atoms with Gasteiger partial charge in [-0.2, -0.15) is 19.0 Å². The summed E-state index contributed by atoms with van der Waals surface area (Å²) < 4.78 is 90.2. The van der Waals surface area contributed by atoms with Crippen molar-refractivity contribution < 1.29 is 36.2 Å². The molecule has 15 heteroatoms. The number of alkyl halides is 4. The average molecular weight is 732 g/mol. The van der Waals surface area contributed by atoms with Gasteiger partial charge in [-0.15, -0.1) is 0 Å². The predicted octanol–water partition coefficient (Wildman–Crippen LogP) is 5.98. The molecule has 9 nitrogen and oxygen atoms in total. The van der Waals surface area contributed by atoms with E-state index in [-0.39, 0.29) is 34.8 Å². The van der Waals surface area contributed by atoms with Crippen molar-refractivity contribution in [1.82, 2.24) is 29.9 Å². The standard InChI is InChI=1S/C38H31F6N7O2/c1-18-5-7-24(33-29(18)36(45)49-50(33)4)23-8-6-22(11-12-37(2,3)53)46-31(23)27(15-19-13-20(39)16-21(40)14-19)47-28(52)17-51-34-30(32(48-51)35(41)42)25-9-10-26(25)38(34,43)44/h5-8,13-14,16,25-27,35,53H,15,17H2,1-4H3,(H2,45,49)(H,47,52)/t25-,26+,27-/m0/s1. The normalized spacial score (nSPS) is 17.4. The van der Waals surface area contributed by atoms with Gasteiger partial charge < -0.3 is 16.2 Å². The lowest BCUT2D eigenvalue weighted by Gasteiger charge is -2.24. The number of carbonyl (C=O) groups excluding carboxylic acids is 1. The number of aryl methyl sites for hydroxylation is 2. The Morgan fingerprint density at radius 2 is 1.77 bits per heavy atom. The van der Waals surface area contributed by atoms with Crippen LogP contribution in [0.25, 0.3) is 22.0 Å². The van der Waals surface area contributed by atoms with Crippen LogP contribution in [0.2, 0.25) is 0 Å². The minimum Gasteiger partial charge on any atom is -0.382 e. The van der Waals surface area contributed by atoms with E-state index >= 15 is 8.78 Å². The van der Waals surface area contributed by atoms with Crippen LogP contribution in [0.1, 0.15) is 71.7 Å². The fraction of sp³-hybridized carbons (Fsp3) is 0.316. The molecule has 5 aromatic rings. The Morgan fingerprint density at radius 3 is 2.42 bits per heavy atom. The summed E-state index contributed by atoms with van der Waals surface area (Å²) in [4.78, 5) is 18.6. The number of carbonyl (C=O) groups is 1. The molecule has 2 aliphatic rings. The highest BCUT2D eigenvalue weighted by molar-refractivity contribution is 6.02. The van der Waals surface area contributed by atoms with Crippen LogP contribution in [0.15, 0.2) is 42.5 Å². The largest absolute Gasteiger partial charge is 0.382 e. The summed E-state index contributed by atoms with van der Waals surface area (Å²) in [7, 11) is 1.69. The van der Waals surface area contributed by atoms with Crippen molar-refractivity contribution in [3.05, 3.63) is 93.6 Å². The van der Waals surface area contributed by atoms with E-state index in [1.54, 1.807) is 29.9 Å². The van der Waals surface area contributed by atoms with Crippen LogP contribution in [0, 0.1) is 48.2 Å². The van der Waals surface area contributed by atoms with Crippen LogP contribution in [0.4, 0.5) is 32.2 Å². The molecule has 0 spiro atoms. The van der Waals surface area contributed by atoms with Gasteiger partial charge in [0, 0.05) is 35.2 Å². The second-order valence-electron chi connectivity index (χ2n) is 13.7. The van der Waals surface area contributed by atoms with E-state index in [1.807, 2.05) is 13.0 Å². The zero-order chi connectivity index (χ0) is 38.1. The highest BCUT2D eigenvalue weighted by Gasteiger charge is 2.60. The Labute approximate surface area is 299 Å². The number of halogens is 6. The monoisotopic (exact) mass is 731 g/mol. The van der Waals surface area contributed by atoms with Crippen LogP contribution in [0.5, 0.6) is 0 Å². The van der Waals surface area contributed by atoms with E-state index in [2.05, 4.69) is 39.2 Å². The predicted molar refractivity (Wildman–Crippen MR) is 182 cm³/mol. The van der Waals surface area contributed by atoms with Crippen molar-refractivity contribution >= 4 is 22.6 Å². The Morgan fingerprint density at radius 1 is 1.08 bits per heavy atom. The summed E-state index contributed by atoms with van der Waals surface area (Å²) in [5.41, 5.74) is 5.60. The number of fused-ring (bicyclic) bond motifs is 4. The summed E-state index contributed by atoms with van der Waals surface area (Å²) in [6.07, 6.45) is -3.47. The first-order valence-electron chi connectivity index (χ1n) is 16.4. The van der Waals surface area contributed by atoms with E-state index in [0.29, 0.717) is 32.8 Å². The van der Waals surface area contributed by atoms with Gasteiger partial charge in [0.05, 0.1) is 23.2 Å². The van der Waals surface area contributed by atoms with Crippen LogP contribution >= 0.6 is 0 Å². The molecule has 2 aliphatic carbocycles. The van der Waals surface area contributed by atoms with Crippen molar-refractivity contribution in [1.29, 1.82) is 0 Å². The second kappa shape index (κ2) is 12.7. The van der Waals surface area contributed by atoms with E-state index in [0.717, 1.165) is 17.7 Å². The number of nitrogens with two attached hydrogens (primary N) is 1. The van der Waals surface area contributed by atoms with Crippen LogP contribution in [-0.4, -0.2) is 41.2 Å². The molecule has 3 aromatic heterocycles. The molecule has 4 N–H and O–H groups in total. The summed E-state index contributed by atoms with van der Waals surface area (Å²) in [5, 5.41) is 21.8. The molecule has 0 aliphatic heterocycles. The highest BCUT2D eigenvalue weighted by atomic mass is 19.3. The minimum absolute atomic E-state index is 0.104. The molecule has 0 saturated heterocycles. The number of anilines is 1. The zero-order valence-electron chi connectivity index (χ0n) is 28.7. The van der Waals surface area contributed by atoms with Crippen molar-refractivity contribution in [2.45, 2.75) is 63.6 Å². The number of hydrogen-bond donors (Lipinski definition) is 3. The smallest absolute Gasteiger partial charge is 0.304 e. The van der Waals surface area contributed by atoms with Gasteiger partial charge in [-0.25, -0.2) is 22.5 Å². The summed E-state index contributed by atoms with van der Waals surface area (Å²) in [6.45, 7) is 3.89. The maximum Gasteiger partial charge on any atom is 0.304 e. The quantitative estimate of drug-likeness (QED) is 0.133. The first-order valence-corrected chi connectivity index (χ1v) is 16.4. The SMILES string of the molecule is Cc1ccc(-c2ccc(C#CC(C)(C)O)nc2[C@H](Cc2cc(F)cc(F)c2)NC(=O)Cn2nc(C(F)F)c3c2C(F)(F)[C@@H]2C#C[C@H]32)c2c1c(N)nn2C. The van der Waals surface area contributed by atoms with Crippen LogP contribution in [0.3, 0.4) is 0 Å². The lowest BCUT2D eigenvalue weighted by molar-refractivity contribution is -0.123. The zero-order valence-corrected chi connectivity index (χ0v) is 28.7. The Hall–Kier alpha value is -5.80. The van der Waals surface area contributed by atoms with Gasteiger partial charge in [-0.1, -0.05) is 29.9 Å². The summed E-state index contributed by atoms with van der Waals surface area (Å²) in [6, 6.07) is 8.45. The summed E-state index contributed by atoms with van der Waals surface area (Å²) >= 11 is 0. The van der Waals surface area contributed by atoms with Gasteiger partial charge in [-0.05, 0) is 68.5 Å². The molecule has 1 amide bonds. The van der Waals surface area contributed by atoms with Crippen molar-refractivity contribution in [3.8, 4) is 34.8 Å². The molecule has 53 heavy (non-hydrogen) atoms. The van der Waals surface area contributed by atoms with Crippen LogP contribution in [-0.2, 0) is 30.7 Å². The van der Waals surface area contributed by atoms with Gasteiger partial charge in [0.25, 0.3) is 6.43 Å². The van der Waals surface area contributed by atoms with Gasteiger partial charge in [0.2, 0.25) is 5.91 Å². The number of aromatic nitrogens is 5. The van der Waals surface area contributed by atoms with Crippen molar-refractivity contribution in [3.63, 3.8) is 0 Å². The number of nitrogens with one attached hydrogen (secondary N) is 1. The van der Waals surface area contributed by atoms with Crippen molar-refractivity contribution in [2.24, 2.45) is 13.0 Å². The van der Waals surface area contributed by atoms with E-state index in [4.69, 9.17) is 10.7 Å². The Kier molecular flexibility index (Phi) is 8.53. The lowest BCUT2D eigenvalue weighted by Crippen LogP contribution is -2.36. The number of hydrogen-bond acceptors (Lipinski definition) is 6.